The van der Waals surface area contributed by atoms with Crippen LogP contribution in [-0.4, -0.2) is 35.8 Å². The summed E-state index contributed by atoms with van der Waals surface area (Å²) in [6.07, 6.45) is 1.64. The number of halogens is 1. The zero-order valence-electron chi connectivity index (χ0n) is 23.8. The highest BCUT2D eigenvalue weighted by molar-refractivity contribution is 6.09. The molecular weight excluding hydrogens is 529 g/mol. The van der Waals surface area contributed by atoms with E-state index >= 15 is 0 Å². The summed E-state index contributed by atoms with van der Waals surface area (Å²) in [7, 11) is 0. The SMILES string of the molecule is CC(C)N(CCNC(=O)c1ccc(/C=C2\Oc3ccccc3N(Cc3ccccc3F)C2=O)cc1)Cc1ccccc1. The third-order valence-electron chi connectivity index (χ3n) is 7.23. The van der Waals surface area contributed by atoms with Crippen molar-refractivity contribution >= 4 is 23.6 Å². The molecule has 42 heavy (non-hydrogen) atoms. The van der Waals surface area contributed by atoms with Crippen molar-refractivity contribution < 1.29 is 18.7 Å². The number of anilines is 1. The van der Waals surface area contributed by atoms with Crippen LogP contribution in [0.3, 0.4) is 0 Å². The van der Waals surface area contributed by atoms with Crippen LogP contribution < -0.4 is 15.0 Å². The molecule has 0 saturated carbocycles. The molecule has 0 radical (unpaired) electrons. The molecule has 6 nitrogen and oxygen atoms in total. The molecule has 0 fully saturated rings. The van der Waals surface area contributed by atoms with Crippen LogP contribution in [0, 0.1) is 5.82 Å². The van der Waals surface area contributed by atoms with E-state index in [1.165, 1.54) is 16.5 Å². The number of rotatable bonds is 10. The Labute approximate surface area is 246 Å². The van der Waals surface area contributed by atoms with Gasteiger partial charge in [0.05, 0.1) is 12.2 Å². The summed E-state index contributed by atoms with van der Waals surface area (Å²) < 4.78 is 20.4. The fourth-order valence-corrected chi connectivity index (χ4v) is 4.85. The molecule has 1 aliphatic rings. The summed E-state index contributed by atoms with van der Waals surface area (Å²) >= 11 is 0. The molecule has 0 aromatic heterocycles. The van der Waals surface area contributed by atoms with E-state index in [9.17, 15) is 14.0 Å². The first-order valence-electron chi connectivity index (χ1n) is 14.1. The number of amides is 2. The molecular formula is C35H34FN3O3. The fraction of sp³-hybridized carbons (Fsp3) is 0.200. The maximum absolute atomic E-state index is 14.4. The highest BCUT2D eigenvalue weighted by Crippen LogP contribution is 2.36. The average Bonchev–Trinajstić information content (AvgIpc) is 3.00. The molecule has 214 valence electrons. The molecule has 0 aliphatic carbocycles. The Kier molecular flexibility index (Phi) is 9.09. The van der Waals surface area contributed by atoms with Crippen LogP contribution in [0.4, 0.5) is 10.1 Å². The number of hydrogen-bond acceptors (Lipinski definition) is 4. The van der Waals surface area contributed by atoms with Crippen molar-refractivity contribution in [1.82, 2.24) is 10.2 Å². The van der Waals surface area contributed by atoms with Gasteiger partial charge in [-0.3, -0.25) is 19.4 Å². The van der Waals surface area contributed by atoms with Gasteiger partial charge in [-0.1, -0.05) is 72.8 Å². The quantitative estimate of drug-likeness (QED) is 0.226. The van der Waals surface area contributed by atoms with Gasteiger partial charge >= 0.3 is 0 Å². The van der Waals surface area contributed by atoms with Gasteiger partial charge in [0, 0.05) is 36.8 Å². The van der Waals surface area contributed by atoms with Gasteiger partial charge in [0.15, 0.2) is 11.5 Å². The van der Waals surface area contributed by atoms with E-state index < -0.39 is 0 Å². The normalized spacial score (nSPS) is 13.8. The second kappa shape index (κ2) is 13.3. The molecule has 2 amide bonds. The number of nitrogens with zero attached hydrogens (tertiary/aromatic N) is 2. The predicted molar refractivity (Wildman–Crippen MR) is 163 cm³/mol. The highest BCUT2D eigenvalue weighted by atomic mass is 19.1. The van der Waals surface area contributed by atoms with Gasteiger partial charge in [0.2, 0.25) is 0 Å². The number of carbonyl (C=O) groups excluding carboxylic acids is 2. The number of fused-ring (bicyclic) bond motifs is 1. The van der Waals surface area contributed by atoms with Gasteiger partial charge in [-0.25, -0.2) is 4.39 Å². The first kappa shape index (κ1) is 28.8. The van der Waals surface area contributed by atoms with Crippen molar-refractivity contribution in [3.63, 3.8) is 0 Å². The van der Waals surface area contributed by atoms with Gasteiger partial charge in [-0.2, -0.15) is 0 Å². The van der Waals surface area contributed by atoms with Gasteiger partial charge in [0.25, 0.3) is 11.8 Å². The Balaban J connectivity index is 1.24. The number of nitrogens with one attached hydrogen (secondary N) is 1. The lowest BCUT2D eigenvalue weighted by Crippen LogP contribution is -2.38. The van der Waals surface area contributed by atoms with E-state index in [0.29, 0.717) is 40.7 Å². The van der Waals surface area contributed by atoms with Crippen molar-refractivity contribution in [2.45, 2.75) is 33.0 Å². The van der Waals surface area contributed by atoms with Crippen LogP contribution in [0.15, 0.2) is 109 Å². The zero-order valence-corrected chi connectivity index (χ0v) is 23.8. The van der Waals surface area contributed by atoms with Crippen molar-refractivity contribution in [2.24, 2.45) is 0 Å². The van der Waals surface area contributed by atoms with E-state index in [2.05, 4.69) is 36.2 Å². The third kappa shape index (κ3) is 6.93. The smallest absolute Gasteiger partial charge is 0.294 e. The molecule has 7 heteroatoms. The van der Waals surface area contributed by atoms with Crippen LogP contribution in [0.2, 0.25) is 0 Å². The van der Waals surface area contributed by atoms with Gasteiger partial charge in [-0.05, 0) is 61.4 Å². The van der Waals surface area contributed by atoms with Crippen LogP contribution in [0.25, 0.3) is 6.08 Å². The molecule has 5 rings (SSSR count). The maximum atomic E-state index is 14.4. The topological polar surface area (TPSA) is 61.9 Å². The minimum atomic E-state index is -0.373. The molecule has 0 unspecified atom stereocenters. The van der Waals surface area contributed by atoms with E-state index in [1.54, 1.807) is 60.7 Å². The third-order valence-corrected chi connectivity index (χ3v) is 7.23. The Bertz CT molecular complexity index is 1570. The number of carbonyl (C=O) groups is 2. The Morgan fingerprint density at radius 2 is 1.62 bits per heavy atom. The molecule has 4 aromatic carbocycles. The summed E-state index contributed by atoms with van der Waals surface area (Å²) in [4.78, 5) is 30.1. The average molecular weight is 564 g/mol. The maximum Gasteiger partial charge on any atom is 0.294 e. The lowest BCUT2D eigenvalue weighted by Gasteiger charge is -2.30. The molecule has 0 atom stereocenters. The monoisotopic (exact) mass is 563 g/mol. The molecule has 1 aliphatic heterocycles. The van der Waals surface area contributed by atoms with E-state index in [1.807, 2.05) is 30.3 Å². The summed E-state index contributed by atoms with van der Waals surface area (Å²) in [5, 5.41) is 3.01. The molecule has 0 saturated heterocycles. The van der Waals surface area contributed by atoms with Crippen LogP contribution >= 0.6 is 0 Å². The molecule has 4 aromatic rings. The van der Waals surface area contributed by atoms with E-state index in [0.717, 1.165) is 13.1 Å². The van der Waals surface area contributed by atoms with Gasteiger partial charge in [0.1, 0.15) is 5.82 Å². The largest absolute Gasteiger partial charge is 0.449 e. The number of benzene rings is 4. The molecule has 1 N–H and O–H groups in total. The molecule has 0 bridgehead atoms. The second-order valence-corrected chi connectivity index (χ2v) is 10.5. The predicted octanol–water partition coefficient (Wildman–Crippen LogP) is 6.43. The zero-order chi connectivity index (χ0) is 29.5. The first-order valence-corrected chi connectivity index (χ1v) is 14.1. The van der Waals surface area contributed by atoms with Gasteiger partial charge in [-0.15, -0.1) is 0 Å². The standard InChI is InChI=1S/C35H34FN3O3/c1-25(2)38(23-27-10-4-3-5-11-27)21-20-37-34(40)28-18-16-26(17-19-28)22-33-35(41)39(24-29-12-6-7-13-30(29)36)31-14-8-9-15-32(31)42-33/h3-19,22,25H,20-21,23-24H2,1-2H3,(H,37,40)/b33-22-. The van der Waals surface area contributed by atoms with E-state index in [4.69, 9.17) is 4.74 Å². The van der Waals surface area contributed by atoms with Gasteiger partial charge < -0.3 is 10.1 Å². The number of ether oxygens (including phenoxy) is 1. The van der Waals surface area contributed by atoms with Crippen molar-refractivity contribution in [2.75, 3.05) is 18.0 Å². The highest BCUT2D eigenvalue weighted by Gasteiger charge is 2.30. The first-order chi connectivity index (χ1) is 20.4. The molecule has 0 spiro atoms. The summed E-state index contributed by atoms with van der Waals surface area (Å²) in [5.41, 5.74) is 3.46. The summed E-state index contributed by atoms with van der Waals surface area (Å²) in [6, 6.07) is 31.2. The summed E-state index contributed by atoms with van der Waals surface area (Å²) in [6.45, 7) is 6.44. The Morgan fingerprint density at radius 3 is 2.36 bits per heavy atom. The minimum Gasteiger partial charge on any atom is -0.449 e. The van der Waals surface area contributed by atoms with Crippen molar-refractivity contribution in [3.05, 3.63) is 137 Å². The van der Waals surface area contributed by atoms with Crippen molar-refractivity contribution in [1.29, 1.82) is 0 Å². The van der Waals surface area contributed by atoms with Crippen LogP contribution in [0.5, 0.6) is 5.75 Å². The Morgan fingerprint density at radius 1 is 0.929 bits per heavy atom. The lowest BCUT2D eigenvalue weighted by molar-refractivity contribution is -0.117. The van der Waals surface area contributed by atoms with Crippen LogP contribution in [0.1, 0.15) is 40.9 Å². The fourth-order valence-electron chi connectivity index (χ4n) is 4.85. The minimum absolute atomic E-state index is 0.0713. The number of para-hydroxylation sites is 2. The van der Waals surface area contributed by atoms with Crippen molar-refractivity contribution in [3.8, 4) is 5.75 Å². The lowest BCUT2D eigenvalue weighted by atomic mass is 10.1. The summed E-state index contributed by atoms with van der Waals surface area (Å²) in [5.74, 6) is -0.272. The van der Waals surface area contributed by atoms with E-state index in [-0.39, 0.29) is 29.9 Å². The van der Waals surface area contributed by atoms with Crippen LogP contribution in [-0.2, 0) is 17.9 Å². The molecule has 1 heterocycles. The number of hydrogen-bond donors (Lipinski definition) is 1. The second-order valence-electron chi connectivity index (χ2n) is 10.5. The Hall–Kier alpha value is -4.75.